The van der Waals surface area contributed by atoms with E-state index in [1.165, 1.54) is 12.1 Å². The third-order valence-corrected chi connectivity index (χ3v) is 5.30. The summed E-state index contributed by atoms with van der Waals surface area (Å²) in [6.07, 6.45) is -0.923. The molecule has 4 rings (SSSR count). The Balaban J connectivity index is 1.35. The van der Waals surface area contributed by atoms with Crippen molar-refractivity contribution in [2.75, 3.05) is 13.2 Å². The summed E-state index contributed by atoms with van der Waals surface area (Å²) in [7, 11) is 0. The molecule has 2 N–H and O–H groups in total. The van der Waals surface area contributed by atoms with Crippen molar-refractivity contribution in [3.8, 4) is 23.0 Å². The SMILES string of the molecule is O=C(O)Cc1cc(F)ccc1C#CCNC(=O)OCC1c2ccccc2-c2ccccc21. The highest BCUT2D eigenvalue weighted by Crippen LogP contribution is 2.44. The van der Waals surface area contributed by atoms with E-state index in [4.69, 9.17) is 9.84 Å². The molecule has 0 atom stereocenters. The van der Waals surface area contributed by atoms with Gasteiger partial charge in [-0.3, -0.25) is 4.79 Å². The molecule has 3 aromatic carbocycles. The van der Waals surface area contributed by atoms with Gasteiger partial charge in [0.25, 0.3) is 0 Å². The summed E-state index contributed by atoms with van der Waals surface area (Å²) in [5.74, 6) is 3.89. The minimum atomic E-state index is -1.07. The molecule has 160 valence electrons. The number of carbonyl (C=O) groups is 2. The Labute approximate surface area is 184 Å². The Bertz CT molecular complexity index is 1200. The molecule has 0 aromatic heterocycles. The van der Waals surface area contributed by atoms with Crippen LogP contribution in [0.1, 0.15) is 28.2 Å². The molecule has 3 aromatic rings. The second kappa shape index (κ2) is 9.36. The van der Waals surface area contributed by atoms with E-state index in [1.807, 2.05) is 36.4 Å². The second-order valence-corrected chi connectivity index (χ2v) is 7.35. The molecule has 0 fully saturated rings. The zero-order valence-electron chi connectivity index (χ0n) is 17.1. The average Bonchev–Trinajstić information content (AvgIpc) is 3.10. The fourth-order valence-corrected chi connectivity index (χ4v) is 3.90. The number of hydrogen-bond acceptors (Lipinski definition) is 3. The summed E-state index contributed by atoms with van der Waals surface area (Å²) in [4.78, 5) is 23.1. The Morgan fingerprint density at radius 1 is 1.00 bits per heavy atom. The fraction of sp³-hybridized carbons (Fsp3) is 0.154. The Morgan fingerprint density at radius 2 is 1.66 bits per heavy atom. The van der Waals surface area contributed by atoms with E-state index >= 15 is 0 Å². The van der Waals surface area contributed by atoms with Crippen molar-refractivity contribution >= 4 is 12.1 Å². The predicted octanol–water partition coefficient (Wildman–Crippen LogP) is 4.34. The molecule has 0 aliphatic heterocycles. The minimum absolute atomic E-state index is 0.0144. The van der Waals surface area contributed by atoms with Crippen molar-refractivity contribution in [1.29, 1.82) is 0 Å². The predicted molar refractivity (Wildman–Crippen MR) is 118 cm³/mol. The van der Waals surface area contributed by atoms with Crippen molar-refractivity contribution in [1.82, 2.24) is 5.32 Å². The first-order valence-corrected chi connectivity index (χ1v) is 10.1. The van der Waals surface area contributed by atoms with Crippen LogP contribution < -0.4 is 5.32 Å². The van der Waals surface area contributed by atoms with Crippen molar-refractivity contribution in [3.05, 3.63) is 94.8 Å². The lowest BCUT2D eigenvalue weighted by Crippen LogP contribution is -2.26. The number of hydrogen-bond donors (Lipinski definition) is 2. The first-order valence-electron chi connectivity index (χ1n) is 10.1. The zero-order chi connectivity index (χ0) is 22.5. The number of rotatable bonds is 5. The normalized spacial score (nSPS) is 11.7. The van der Waals surface area contributed by atoms with Crippen LogP contribution in [0.4, 0.5) is 9.18 Å². The van der Waals surface area contributed by atoms with Crippen molar-refractivity contribution in [2.45, 2.75) is 12.3 Å². The number of fused-ring (bicyclic) bond motifs is 3. The molecule has 1 amide bonds. The van der Waals surface area contributed by atoms with E-state index < -0.39 is 17.9 Å². The van der Waals surface area contributed by atoms with Crippen molar-refractivity contribution in [2.24, 2.45) is 0 Å². The van der Waals surface area contributed by atoms with Crippen molar-refractivity contribution in [3.63, 3.8) is 0 Å². The van der Waals surface area contributed by atoms with E-state index in [0.717, 1.165) is 28.3 Å². The number of ether oxygens (including phenoxy) is 1. The summed E-state index contributed by atoms with van der Waals surface area (Å²) in [6, 6.07) is 20.0. The molecule has 1 aliphatic carbocycles. The maximum atomic E-state index is 13.4. The van der Waals surface area contributed by atoms with E-state index in [-0.39, 0.29) is 31.1 Å². The molecule has 0 saturated heterocycles. The minimum Gasteiger partial charge on any atom is -0.481 e. The smallest absolute Gasteiger partial charge is 0.407 e. The summed E-state index contributed by atoms with van der Waals surface area (Å²) in [5.41, 5.74) is 5.25. The lowest BCUT2D eigenvalue weighted by molar-refractivity contribution is -0.136. The largest absolute Gasteiger partial charge is 0.481 e. The van der Waals surface area contributed by atoms with Gasteiger partial charge in [0.05, 0.1) is 13.0 Å². The highest BCUT2D eigenvalue weighted by molar-refractivity contribution is 5.79. The molecule has 0 spiro atoms. The van der Waals surface area contributed by atoms with Gasteiger partial charge in [0.1, 0.15) is 12.4 Å². The average molecular weight is 429 g/mol. The van der Waals surface area contributed by atoms with Gasteiger partial charge in [-0.1, -0.05) is 60.4 Å². The molecule has 5 nitrogen and oxygen atoms in total. The first-order chi connectivity index (χ1) is 15.5. The van der Waals surface area contributed by atoms with Gasteiger partial charge in [-0.15, -0.1) is 0 Å². The van der Waals surface area contributed by atoms with E-state index in [9.17, 15) is 14.0 Å². The number of carbonyl (C=O) groups excluding carboxylic acids is 1. The third kappa shape index (κ3) is 4.62. The van der Waals surface area contributed by atoms with Gasteiger partial charge in [-0.05, 0) is 46.0 Å². The number of carboxylic acids is 1. The lowest BCUT2D eigenvalue weighted by atomic mass is 9.98. The highest BCUT2D eigenvalue weighted by Gasteiger charge is 2.28. The number of aliphatic carboxylic acids is 1. The number of nitrogens with one attached hydrogen (secondary N) is 1. The van der Waals surface area contributed by atoms with Gasteiger partial charge >= 0.3 is 12.1 Å². The molecule has 0 radical (unpaired) electrons. The van der Waals surface area contributed by atoms with Crippen LogP contribution in [-0.2, 0) is 16.0 Å². The Kier molecular flexibility index (Phi) is 6.18. The standard InChI is InChI=1S/C26H20FNO4/c27-19-12-11-17(18(14-19)15-25(29)30)6-5-13-28-26(31)32-16-24-22-9-3-1-7-20(22)21-8-2-4-10-23(21)24/h1-4,7-12,14,24H,13,15-16H2,(H,28,31)(H,29,30). The number of benzene rings is 3. The van der Waals surface area contributed by atoms with Gasteiger partial charge in [0.15, 0.2) is 0 Å². The first kappa shape index (κ1) is 21.1. The number of halogens is 1. The van der Waals surface area contributed by atoms with Crippen LogP contribution in [0.3, 0.4) is 0 Å². The van der Waals surface area contributed by atoms with Gasteiger partial charge in [-0.25, -0.2) is 9.18 Å². The molecule has 0 bridgehead atoms. The molecule has 0 saturated carbocycles. The van der Waals surface area contributed by atoms with Crippen LogP contribution in [0, 0.1) is 17.7 Å². The van der Waals surface area contributed by atoms with Gasteiger partial charge in [-0.2, -0.15) is 0 Å². The van der Waals surface area contributed by atoms with Crippen molar-refractivity contribution < 1.29 is 23.8 Å². The maximum absolute atomic E-state index is 13.4. The zero-order valence-corrected chi connectivity index (χ0v) is 17.1. The monoisotopic (exact) mass is 429 g/mol. The summed E-state index contributed by atoms with van der Waals surface area (Å²) < 4.78 is 18.8. The maximum Gasteiger partial charge on any atom is 0.407 e. The Hall–Kier alpha value is -4.11. The number of carboxylic acid groups (broad SMARTS) is 1. The molecule has 0 heterocycles. The molecular formula is C26H20FNO4. The van der Waals surface area contributed by atoms with Gasteiger partial charge in [0, 0.05) is 11.5 Å². The molecule has 0 unspecified atom stereocenters. The van der Waals surface area contributed by atoms with Crippen LogP contribution in [0.15, 0.2) is 66.7 Å². The van der Waals surface area contributed by atoms with Crippen LogP contribution in [0.5, 0.6) is 0 Å². The topological polar surface area (TPSA) is 75.6 Å². The van der Waals surface area contributed by atoms with E-state index in [0.29, 0.717) is 5.56 Å². The summed E-state index contributed by atoms with van der Waals surface area (Å²) >= 11 is 0. The lowest BCUT2D eigenvalue weighted by Gasteiger charge is -2.14. The highest BCUT2D eigenvalue weighted by atomic mass is 19.1. The fourth-order valence-electron chi connectivity index (χ4n) is 3.90. The number of amides is 1. The van der Waals surface area contributed by atoms with Gasteiger partial charge < -0.3 is 15.2 Å². The van der Waals surface area contributed by atoms with Gasteiger partial charge in [0.2, 0.25) is 0 Å². The van der Waals surface area contributed by atoms with E-state index in [2.05, 4.69) is 29.3 Å². The molecule has 6 heteroatoms. The Morgan fingerprint density at radius 3 is 2.31 bits per heavy atom. The molecule has 32 heavy (non-hydrogen) atoms. The second-order valence-electron chi connectivity index (χ2n) is 7.35. The summed E-state index contributed by atoms with van der Waals surface area (Å²) in [6.45, 7) is 0.217. The third-order valence-electron chi connectivity index (χ3n) is 5.30. The van der Waals surface area contributed by atoms with Crippen LogP contribution in [-0.4, -0.2) is 30.3 Å². The van der Waals surface area contributed by atoms with Crippen LogP contribution in [0.25, 0.3) is 11.1 Å². The van der Waals surface area contributed by atoms with E-state index in [1.54, 1.807) is 0 Å². The summed E-state index contributed by atoms with van der Waals surface area (Å²) in [5, 5.41) is 11.5. The number of alkyl carbamates (subject to hydrolysis) is 1. The van der Waals surface area contributed by atoms with Crippen LogP contribution >= 0.6 is 0 Å². The molecule has 1 aliphatic rings. The molecular weight excluding hydrogens is 409 g/mol. The van der Waals surface area contributed by atoms with Crippen LogP contribution in [0.2, 0.25) is 0 Å². The quantitative estimate of drug-likeness (QED) is 0.592.